The van der Waals surface area contributed by atoms with Crippen LogP contribution in [0.2, 0.25) is 0 Å². The first kappa shape index (κ1) is 23.4. The highest BCUT2D eigenvalue weighted by Crippen LogP contribution is 2.30. The summed E-state index contributed by atoms with van der Waals surface area (Å²) in [5.41, 5.74) is 8.20. The van der Waals surface area contributed by atoms with Crippen molar-refractivity contribution >= 4 is 46.5 Å². The van der Waals surface area contributed by atoms with Crippen LogP contribution in [0, 0.1) is 0 Å². The first-order valence-electron chi connectivity index (χ1n) is 10.9. The number of imidazole rings is 1. The van der Waals surface area contributed by atoms with Gasteiger partial charge in [0.1, 0.15) is 0 Å². The van der Waals surface area contributed by atoms with Crippen molar-refractivity contribution in [3.05, 3.63) is 66.0 Å². The maximum atomic E-state index is 12.9. The molecule has 2 heterocycles. The van der Waals surface area contributed by atoms with Gasteiger partial charge in [0.15, 0.2) is 5.16 Å². The summed E-state index contributed by atoms with van der Waals surface area (Å²) in [4.78, 5) is 43.2. The number of anilines is 3. The number of benzene rings is 2. The molecule has 3 aromatic rings. The van der Waals surface area contributed by atoms with Crippen LogP contribution in [-0.4, -0.2) is 46.1 Å². The van der Waals surface area contributed by atoms with Gasteiger partial charge in [-0.2, -0.15) is 0 Å². The third-order valence-corrected chi connectivity index (χ3v) is 6.57. The normalized spacial score (nSPS) is 13.0. The third kappa shape index (κ3) is 5.57. The molecule has 0 spiro atoms. The molecule has 4 N–H and O–H groups in total. The highest BCUT2D eigenvalue weighted by molar-refractivity contribution is 7.99. The van der Waals surface area contributed by atoms with Crippen LogP contribution >= 0.6 is 11.8 Å². The molecule has 1 aromatic heterocycles. The minimum atomic E-state index is -0.551. The Bertz CT molecular complexity index is 1200. The fraction of sp³-hybridized carbons (Fsp3) is 0.250. The van der Waals surface area contributed by atoms with E-state index in [9.17, 15) is 14.4 Å². The molecule has 0 bridgehead atoms. The van der Waals surface area contributed by atoms with Crippen molar-refractivity contribution in [2.75, 3.05) is 34.4 Å². The predicted molar refractivity (Wildman–Crippen MR) is 133 cm³/mol. The van der Waals surface area contributed by atoms with Crippen LogP contribution in [0.4, 0.5) is 17.1 Å². The molecule has 1 aliphatic heterocycles. The van der Waals surface area contributed by atoms with E-state index in [-0.39, 0.29) is 17.6 Å². The minimum Gasteiger partial charge on any atom is -0.370 e. The summed E-state index contributed by atoms with van der Waals surface area (Å²) in [5.74, 6) is -0.804. The van der Waals surface area contributed by atoms with Crippen molar-refractivity contribution in [3.63, 3.8) is 0 Å². The first-order chi connectivity index (χ1) is 16.4. The second-order valence-electron chi connectivity index (χ2n) is 7.98. The van der Waals surface area contributed by atoms with E-state index in [0.717, 1.165) is 36.8 Å². The number of rotatable bonds is 8. The molecule has 0 unspecified atom stereocenters. The van der Waals surface area contributed by atoms with Gasteiger partial charge < -0.3 is 25.8 Å². The van der Waals surface area contributed by atoms with Crippen LogP contribution in [0.3, 0.4) is 0 Å². The molecule has 0 radical (unpaired) electrons. The lowest BCUT2D eigenvalue weighted by molar-refractivity contribution is -0.113. The summed E-state index contributed by atoms with van der Waals surface area (Å²) < 4.78 is 1.85. The molecule has 3 amide bonds. The molecule has 34 heavy (non-hydrogen) atoms. The van der Waals surface area contributed by atoms with Crippen LogP contribution < -0.4 is 21.3 Å². The number of hydrogen-bond acceptors (Lipinski definition) is 6. The number of aryl methyl sites for hydroxylation is 1. The molecule has 0 aliphatic carbocycles. The van der Waals surface area contributed by atoms with Gasteiger partial charge >= 0.3 is 0 Å². The van der Waals surface area contributed by atoms with Gasteiger partial charge in [0.2, 0.25) is 11.8 Å². The lowest BCUT2D eigenvalue weighted by Gasteiger charge is -2.22. The maximum Gasteiger partial charge on any atom is 0.255 e. The number of nitrogens with zero attached hydrogens (tertiary/aromatic N) is 3. The Morgan fingerprint density at radius 3 is 2.38 bits per heavy atom. The Balaban J connectivity index is 1.40. The van der Waals surface area contributed by atoms with E-state index in [1.54, 1.807) is 42.6 Å². The molecule has 9 nitrogen and oxygen atoms in total. The molecule has 1 saturated heterocycles. The van der Waals surface area contributed by atoms with Crippen LogP contribution in [0.5, 0.6) is 0 Å². The fourth-order valence-corrected chi connectivity index (χ4v) is 4.47. The molecular formula is C24H26N6O3S. The van der Waals surface area contributed by atoms with Crippen molar-refractivity contribution in [2.45, 2.75) is 18.0 Å². The number of carbonyl (C=O) groups excluding carboxylic acids is 3. The summed E-state index contributed by atoms with van der Waals surface area (Å²) in [6.45, 7) is 1.79. The average molecular weight is 479 g/mol. The number of hydrogen-bond donors (Lipinski definition) is 3. The summed E-state index contributed by atoms with van der Waals surface area (Å²) in [7, 11) is 1.87. The Morgan fingerprint density at radius 2 is 1.74 bits per heavy atom. The van der Waals surface area contributed by atoms with Crippen molar-refractivity contribution in [1.29, 1.82) is 0 Å². The van der Waals surface area contributed by atoms with Gasteiger partial charge in [0, 0.05) is 49.3 Å². The van der Waals surface area contributed by atoms with Gasteiger partial charge in [-0.15, -0.1) is 0 Å². The van der Waals surface area contributed by atoms with Gasteiger partial charge in [-0.1, -0.05) is 11.8 Å². The molecule has 4 rings (SSSR count). The van der Waals surface area contributed by atoms with Gasteiger partial charge in [-0.05, 0) is 55.3 Å². The van der Waals surface area contributed by atoms with Gasteiger partial charge in [0.25, 0.3) is 5.91 Å². The molecular weight excluding hydrogens is 452 g/mol. The minimum absolute atomic E-state index is 0.163. The highest BCUT2D eigenvalue weighted by atomic mass is 32.2. The molecule has 2 aromatic carbocycles. The van der Waals surface area contributed by atoms with E-state index in [2.05, 4.69) is 20.5 Å². The topological polar surface area (TPSA) is 122 Å². The van der Waals surface area contributed by atoms with E-state index in [1.165, 1.54) is 11.8 Å². The smallest absolute Gasteiger partial charge is 0.255 e. The molecule has 1 aliphatic rings. The maximum absolute atomic E-state index is 12.9. The number of aromatic nitrogens is 2. The van der Waals surface area contributed by atoms with E-state index < -0.39 is 5.91 Å². The van der Waals surface area contributed by atoms with Crippen molar-refractivity contribution in [3.8, 4) is 0 Å². The standard InChI is InChI=1S/C24H26N6O3S/c1-29-13-10-26-24(29)34-15-21(31)27-18-7-4-16(5-8-18)23(33)28-19-14-17(22(25)32)6-9-20(19)30-11-2-3-12-30/h4-10,13-14H,2-3,11-12,15H2,1H3,(H2,25,32)(H,27,31)(H,28,33). The number of carbonyl (C=O) groups is 3. The quantitative estimate of drug-likeness (QED) is 0.428. The summed E-state index contributed by atoms with van der Waals surface area (Å²) in [6.07, 6.45) is 5.67. The number of primary amides is 1. The van der Waals surface area contributed by atoms with Crippen LogP contribution in [-0.2, 0) is 11.8 Å². The molecule has 10 heteroatoms. The average Bonchev–Trinajstić information content (AvgIpc) is 3.50. The van der Waals surface area contributed by atoms with Crippen molar-refractivity contribution < 1.29 is 14.4 Å². The lowest BCUT2D eigenvalue weighted by atomic mass is 10.1. The number of thioether (sulfide) groups is 1. The summed E-state index contributed by atoms with van der Waals surface area (Å²) in [6, 6.07) is 11.8. The van der Waals surface area contributed by atoms with Crippen LogP contribution in [0.1, 0.15) is 33.6 Å². The molecule has 0 saturated carbocycles. The Morgan fingerprint density at radius 1 is 1.03 bits per heavy atom. The monoisotopic (exact) mass is 478 g/mol. The Labute approximate surface area is 201 Å². The highest BCUT2D eigenvalue weighted by Gasteiger charge is 2.19. The molecule has 0 atom stereocenters. The fourth-order valence-electron chi connectivity index (χ4n) is 3.74. The van der Waals surface area contributed by atoms with E-state index in [0.29, 0.717) is 22.5 Å². The first-order valence-corrected chi connectivity index (χ1v) is 11.9. The molecule has 176 valence electrons. The van der Waals surface area contributed by atoms with Gasteiger partial charge in [-0.25, -0.2) is 4.98 Å². The van der Waals surface area contributed by atoms with Crippen molar-refractivity contribution in [1.82, 2.24) is 9.55 Å². The predicted octanol–water partition coefficient (Wildman–Crippen LogP) is 3.10. The SMILES string of the molecule is Cn1ccnc1SCC(=O)Nc1ccc(C(=O)Nc2cc(C(N)=O)ccc2N2CCCC2)cc1. The van der Waals surface area contributed by atoms with E-state index >= 15 is 0 Å². The van der Waals surface area contributed by atoms with E-state index in [4.69, 9.17) is 5.73 Å². The van der Waals surface area contributed by atoms with Crippen molar-refractivity contribution in [2.24, 2.45) is 12.8 Å². The molecule has 1 fully saturated rings. The zero-order chi connectivity index (χ0) is 24.1. The summed E-state index contributed by atoms with van der Waals surface area (Å²) >= 11 is 1.34. The Kier molecular flexibility index (Phi) is 7.17. The zero-order valence-electron chi connectivity index (χ0n) is 18.8. The Hall–Kier alpha value is -3.79. The number of nitrogens with one attached hydrogen (secondary N) is 2. The third-order valence-electron chi connectivity index (χ3n) is 5.52. The number of nitrogens with two attached hydrogens (primary N) is 1. The zero-order valence-corrected chi connectivity index (χ0v) is 19.6. The lowest BCUT2D eigenvalue weighted by Crippen LogP contribution is -2.22. The van der Waals surface area contributed by atoms with Gasteiger partial charge in [-0.3, -0.25) is 14.4 Å². The number of amides is 3. The van der Waals surface area contributed by atoms with Crippen LogP contribution in [0.15, 0.2) is 60.0 Å². The second kappa shape index (κ2) is 10.4. The summed E-state index contributed by atoms with van der Waals surface area (Å²) in [5, 5.41) is 6.49. The van der Waals surface area contributed by atoms with Gasteiger partial charge in [0.05, 0.1) is 17.1 Å². The van der Waals surface area contributed by atoms with Crippen LogP contribution in [0.25, 0.3) is 0 Å². The largest absolute Gasteiger partial charge is 0.370 e. The second-order valence-corrected chi connectivity index (χ2v) is 8.92. The van der Waals surface area contributed by atoms with E-state index in [1.807, 2.05) is 23.9 Å².